The molecule has 2 saturated carbocycles. The number of morpholine rings is 1. The van der Waals surface area contributed by atoms with Crippen LogP contribution in [0.5, 0.6) is 11.5 Å². The van der Waals surface area contributed by atoms with Gasteiger partial charge in [-0.1, -0.05) is 45.8 Å². The Balaban J connectivity index is 1.08. The van der Waals surface area contributed by atoms with Crippen LogP contribution in [0.1, 0.15) is 116 Å². The van der Waals surface area contributed by atoms with Gasteiger partial charge in [-0.15, -0.1) is 0 Å². The summed E-state index contributed by atoms with van der Waals surface area (Å²) in [4.78, 5) is 66.2. The molecule has 2 aliphatic carbocycles. The van der Waals surface area contributed by atoms with E-state index in [4.69, 9.17) is 23.9 Å². The lowest BCUT2D eigenvalue weighted by molar-refractivity contribution is -0.151. The van der Waals surface area contributed by atoms with Crippen molar-refractivity contribution < 1.29 is 46.5 Å². The number of fused-ring (bicyclic) bond motifs is 5. The molecule has 0 unspecified atom stereocenters. The SMILES string of the molecule is CCc1nc2ccc(OCCCN3CCOCC3)cc2c2c1O[C@]1(CC2)C[C@H]2C(=O)N[C@]3(C(=O)NS(=O)(=O)C4(C)CC4)C[C@H]3/C=C\CCCCC[C@H](CC(=O)OCC(C)C)C(=O)N2C1. The van der Waals surface area contributed by atoms with Crippen molar-refractivity contribution in [1.29, 1.82) is 0 Å². The van der Waals surface area contributed by atoms with Crippen LogP contribution in [0.4, 0.5) is 0 Å². The molecule has 0 bridgehead atoms. The molecule has 8 rings (SSSR count). The fraction of sp³-hybridized carbons (Fsp3) is 0.688. The summed E-state index contributed by atoms with van der Waals surface area (Å²) < 4.78 is 52.4. The van der Waals surface area contributed by atoms with Crippen LogP contribution in [0.25, 0.3) is 10.9 Å². The van der Waals surface area contributed by atoms with E-state index in [0.29, 0.717) is 57.3 Å². The third-order valence-corrected chi connectivity index (χ3v) is 16.4. The molecule has 1 aromatic carbocycles. The number of pyridine rings is 1. The number of nitrogens with one attached hydrogen (secondary N) is 2. The van der Waals surface area contributed by atoms with Crippen molar-refractivity contribution >= 4 is 44.6 Å². The van der Waals surface area contributed by atoms with Crippen LogP contribution >= 0.6 is 0 Å². The molecule has 2 aromatic rings. The van der Waals surface area contributed by atoms with Crippen molar-refractivity contribution in [3.63, 3.8) is 0 Å². The van der Waals surface area contributed by atoms with Gasteiger partial charge in [-0.05, 0) is 95.2 Å². The molecule has 3 amide bonds. The van der Waals surface area contributed by atoms with Crippen molar-refractivity contribution in [3.05, 3.63) is 41.6 Å². The number of aryl methyl sites for hydroxylation is 2. The number of sulfonamides is 1. The number of esters is 1. The zero-order chi connectivity index (χ0) is 45.3. The van der Waals surface area contributed by atoms with Gasteiger partial charge in [-0.25, -0.2) is 13.4 Å². The standard InChI is InChI=1S/C48H67N5O10S/c1-5-38-42-36(37-27-35(14-15-39(37)49-38)61-23-11-20-52-21-24-60-25-22-52)16-17-47(63-42)29-40-43(55)50-48(45(57)51-64(58,59)46(4)18-19-46)28-34(48)13-10-8-6-7-9-12-33(44(56)53(40)31-47)26-41(54)62-30-32(2)3/h10,13-15,27,32-34,40H,5-9,11-12,16-26,28-31H2,1-4H3,(H,50,55)(H,51,57)/b13-10-/t33-,34-,40+,47-,48-/m1/s1. The molecule has 6 aliphatic rings. The molecule has 1 spiro atoms. The molecule has 1 aromatic heterocycles. The maximum Gasteiger partial charge on any atom is 0.306 e. The molecule has 5 heterocycles. The first kappa shape index (κ1) is 46.3. The average molecular weight is 906 g/mol. The van der Waals surface area contributed by atoms with Crippen molar-refractivity contribution in [3.8, 4) is 11.5 Å². The number of hydrogen-bond donors (Lipinski definition) is 2. The fourth-order valence-electron chi connectivity index (χ4n) is 9.86. The number of nitrogens with zero attached hydrogens (tertiary/aromatic N) is 3. The van der Waals surface area contributed by atoms with E-state index >= 15 is 0 Å². The Labute approximate surface area is 377 Å². The number of carbonyl (C=O) groups is 4. The highest BCUT2D eigenvalue weighted by molar-refractivity contribution is 7.91. The van der Waals surface area contributed by atoms with Crippen molar-refractivity contribution in [2.75, 3.05) is 52.6 Å². The van der Waals surface area contributed by atoms with Crippen molar-refractivity contribution in [2.45, 2.75) is 140 Å². The molecule has 0 radical (unpaired) electrons. The number of amides is 3. The van der Waals surface area contributed by atoms with Crippen molar-refractivity contribution in [1.82, 2.24) is 24.8 Å². The third kappa shape index (κ3) is 9.93. The van der Waals surface area contributed by atoms with Gasteiger partial charge < -0.3 is 29.2 Å². The first-order valence-corrected chi connectivity index (χ1v) is 25.2. The smallest absolute Gasteiger partial charge is 0.306 e. The summed E-state index contributed by atoms with van der Waals surface area (Å²) in [5, 5.41) is 3.94. The Hall–Kier alpha value is -4.28. The molecular weight excluding hydrogens is 839 g/mol. The Morgan fingerprint density at radius 3 is 2.62 bits per heavy atom. The zero-order valence-electron chi connectivity index (χ0n) is 38.1. The Morgan fingerprint density at radius 1 is 1.08 bits per heavy atom. The van der Waals surface area contributed by atoms with Gasteiger partial charge >= 0.3 is 5.97 Å². The Bertz CT molecular complexity index is 2240. The first-order chi connectivity index (χ1) is 30.6. The summed E-state index contributed by atoms with van der Waals surface area (Å²) in [6, 6.07) is 4.92. The van der Waals surface area contributed by atoms with Crippen LogP contribution in [0, 0.1) is 17.8 Å². The minimum Gasteiger partial charge on any atom is -0.494 e. The zero-order valence-corrected chi connectivity index (χ0v) is 38.9. The molecule has 2 saturated heterocycles. The van der Waals surface area contributed by atoms with E-state index in [1.807, 2.05) is 51.1 Å². The maximum absolute atomic E-state index is 15.0. The molecule has 2 N–H and O–H groups in total. The van der Waals surface area contributed by atoms with Gasteiger partial charge in [0.2, 0.25) is 21.8 Å². The van der Waals surface area contributed by atoms with Gasteiger partial charge in [-0.3, -0.25) is 28.8 Å². The second-order valence-corrected chi connectivity index (χ2v) is 21.9. The lowest BCUT2D eigenvalue weighted by atomic mass is 9.87. The predicted molar refractivity (Wildman–Crippen MR) is 240 cm³/mol. The summed E-state index contributed by atoms with van der Waals surface area (Å²) in [5.41, 5.74) is 0.142. The molecule has 5 atom stereocenters. The largest absolute Gasteiger partial charge is 0.494 e. The molecular formula is C48H67N5O10S. The molecule has 15 nitrogen and oxygen atoms in total. The van der Waals surface area contributed by atoms with E-state index < -0.39 is 61.6 Å². The van der Waals surface area contributed by atoms with E-state index in [0.717, 1.165) is 86.4 Å². The summed E-state index contributed by atoms with van der Waals surface area (Å²) >= 11 is 0. The topological polar surface area (TPSA) is 183 Å². The number of rotatable bonds is 13. The van der Waals surface area contributed by atoms with E-state index in [1.165, 1.54) is 0 Å². The highest BCUT2D eigenvalue weighted by atomic mass is 32.2. The van der Waals surface area contributed by atoms with E-state index in [-0.39, 0.29) is 44.2 Å². The fourth-order valence-corrected chi connectivity index (χ4v) is 11.2. The highest BCUT2D eigenvalue weighted by Crippen LogP contribution is 2.49. The van der Waals surface area contributed by atoms with Crippen LogP contribution in [0.15, 0.2) is 30.4 Å². The van der Waals surface area contributed by atoms with Crippen LogP contribution in [-0.2, 0) is 51.5 Å². The summed E-state index contributed by atoms with van der Waals surface area (Å²) in [6.45, 7) is 12.8. The Morgan fingerprint density at radius 2 is 1.88 bits per heavy atom. The van der Waals surface area contributed by atoms with E-state index in [9.17, 15) is 27.6 Å². The minimum atomic E-state index is -3.99. The maximum atomic E-state index is 15.0. The van der Waals surface area contributed by atoms with E-state index in [1.54, 1.807) is 11.8 Å². The number of ether oxygens (including phenoxy) is 4. The minimum absolute atomic E-state index is 0.0870. The lowest BCUT2D eigenvalue weighted by Crippen LogP contribution is -2.57. The first-order valence-electron chi connectivity index (χ1n) is 23.7. The highest BCUT2D eigenvalue weighted by Gasteiger charge is 2.64. The number of benzene rings is 1. The summed E-state index contributed by atoms with van der Waals surface area (Å²) in [7, 11) is -3.99. The van der Waals surface area contributed by atoms with E-state index in [2.05, 4.69) is 14.9 Å². The van der Waals surface area contributed by atoms with Crippen LogP contribution in [0.3, 0.4) is 0 Å². The predicted octanol–water partition coefficient (Wildman–Crippen LogP) is 5.16. The summed E-state index contributed by atoms with van der Waals surface area (Å²) in [5.74, 6) is -1.75. The van der Waals surface area contributed by atoms with Crippen LogP contribution < -0.4 is 19.5 Å². The normalized spacial score (nSPS) is 28.8. The monoisotopic (exact) mass is 905 g/mol. The van der Waals surface area contributed by atoms with Gasteiger partial charge in [0.15, 0.2) is 0 Å². The second kappa shape index (κ2) is 18.9. The average Bonchev–Trinajstić information content (AvgIpc) is 4.17. The van der Waals surface area contributed by atoms with Crippen molar-refractivity contribution in [2.24, 2.45) is 17.8 Å². The molecule has 16 heteroatoms. The molecule has 4 fully saturated rings. The van der Waals surface area contributed by atoms with Gasteiger partial charge in [-0.2, -0.15) is 0 Å². The number of hydrogen-bond acceptors (Lipinski definition) is 12. The molecule has 64 heavy (non-hydrogen) atoms. The van der Waals surface area contributed by atoms with Crippen LogP contribution in [-0.4, -0.2) is 121 Å². The molecule has 4 aliphatic heterocycles. The quantitative estimate of drug-likeness (QED) is 0.153. The van der Waals surface area contributed by atoms with Crippen LogP contribution in [0.2, 0.25) is 0 Å². The third-order valence-electron chi connectivity index (χ3n) is 14.3. The number of allylic oxidation sites excluding steroid dienone is 1. The van der Waals surface area contributed by atoms with Gasteiger partial charge in [0.05, 0.1) is 55.4 Å². The summed E-state index contributed by atoms with van der Waals surface area (Å²) in [6.07, 6.45) is 11.1. The van der Waals surface area contributed by atoms with Gasteiger partial charge in [0, 0.05) is 48.8 Å². The van der Waals surface area contributed by atoms with Gasteiger partial charge in [0.1, 0.15) is 28.7 Å². The molecule has 350 valence electrons. The van der Waals surface area contributed by atoms with Gasteiger partial charge in [0.25, 0.3) is 5.91 Å². The Kier molecular flexibility index (Phi) is 13.7. The second-order valence-electron chi connectivity index (χ2n) is 19.7. The lowest BCUT2D eigenvalue weighted by Gasteiger charge is -2.37. The number of aromatic nitrogens is 1. The number of carbonyl (C=O) groups excluding carboxylic acids is 4.